The number of rotatable bonds is 6. The molecule has 1 heterocycles. The molecule has 0 aromatic heterocycles. The Morgan fingerprint density at radius 2 is 1.37 bits per heavy atom. The standard InChI is InChI=1S/C30H27F9N2O2/c1-15(2)17-5-8-25(43-4)24(12-17)23-7-6-20(28(31,32)33)11-19(23)14-41-16(3)26(40-27(41)42)18-9-21(29(34,35)36)13-22(10-18)30(37,38)39/h5-13,15-16,26H,14H2,1-4H3,(H,40,42)/t16-,26-/m0/s1. The fourth-order valence-corrected chi connectivity index (χ4v) is 5.08. The first-order valence-corrected chi connectivity index (χ1v) is 13.1. The lowest BCUT2D eigenvalue weighted by molar-refractivity contribution is -0.143. The Morgan fingerprint density at radius 3 is 1.88 bits per heavy atom. The first kappa shape index (κ1) is 32.0. The zero-order valence-electron chi connectivity index (χ0n) is 23.3. The van der Waals surface area contributed by atoms with E-state index in [0.717, 1.165) is 22.6 Å². The number of hydrogen-bond donors (Lipinski definition) is 1. The van der Waals surface area contributed by atoms with Crippen LogP contribution in [0.25, 0.3) is 11.1 Å². The van der Waals surface area contributed by atoms with E-state index in [1.807, 2.05) is 19.9 Å². The molecule has 232 valence electrons. The number of carbonyl (C=O) groups excluding carboxylic acids is 1. The van der Waals surface area contributed by atoms with E-state index < -0.39 is 65.4 Å². The second-order valence-corrected chi connectivity index (χ2v) is 10.6. The SMILES string of the molecule is COc1ccc(C(C)C)cc1-c1ccc(C(F)(F)F)cc1CN1C(=O)N[C@H](c2cc(C(F)(F)F)cc(C(F)(F)F)c2)[C@@H]1C. The number of alkyl halides is 9. The molecule has 2 atom stereocenters. The van der Waals surface area contributed by atoms with Crippen LogP contribution in [-0.2, 0) is 25.1 Å². The number of hydrogen-bond acceptors (Lipinski definition) is 2. The predicted octanol–water partition coefficient (Wildman–Crippen LogP) is 9.20. The zero-order chi connectivity index (χ0) is 32.1. The van der Waals surface area contributed by atoms with Crippen LogP contribution >= 0.6 is 0 Å². The molecule has 1 aliphatic heterocycles. The maximum Gasteiger partial charge on any atom is 0.416 e. The molecule has 0 saturated carbocycles. The molecule has 1 aliphatic rings. The Kier molecular flexibility index (Phi) is 8.42. The summed E-state index contributed by atoms with van der Waals surface area (Å²) in [6.07, 6.45) is -14.9. The van der Waals surface area contributed by atoms with Crippen molar-refractivity contribution in [1.82, 2.24) is 10.2 Å². The zero-order valence-corrected chi connectivity index (χ0v) is 23.3. The normalized spacial score (nSPS) is 17.9. The van der Waals surface area contributed by atoms with Crippen molar-refractivity contribution in [3.8, 4) is 16.9 Å². The summed E-state index contributed by atoms with van der Waals surface area (Å²) in [5.41, 5.74) is -2.86. The van der Waals surface area contributed by atoms with Crippen LogP contribution in [0.1, 0.15) is 66.1 Å². The van der Waals surface area contributed by atoms with Crippen molar-refractivity contribution in [2.75, 3.05) is 7.11 Å². The summed E-state index contributed by atoms with van der Waals surface area (Å²) < 4.78 is 127. The summed E-state index contributed by atoms with van der Waals surface area (Å²) >= 11 is 0. The fourth-order valence-electron chi connectivity index (χ4n) is 5.08. The lowest BCUT2D eigenvalue weighted by Crippen LogP contribution is -2.32. The number of benzene rings is 3. The van der Waals surface area contributed by atoms with Gasteiger partial charge in [0.1, 0.15) is 5.75 Å². The van der Waals surface area contributed by atoms with Crippen molar-refractivity contribution in [2.45, 2.75) is 63.8 Å². The highest BCUT2D eigenvalue weighted by atomic mass is 19.4. The molecule has 1 N–H and O–H groups in total. The Hall–Kier alpha value is -3.90. The second kappa shape index (κ2) is 11.3. The molecular formula is C30H27F9N2O2. The van der Waals surface area contributed by atoms with Crippen molar-refractivity contribution in [3.63, 3.8) is 0 Å². The van der Waals surface area contributed by atoms with Crippen LogP contribution in [0.2, 0.25) is 0 Å². The van der Waals surface area contributed by atoms with E-state index >= 15 is 0 Å². The monoisotopic (exact) mass is 618 g/mol. The summed E-state index contributed by atoms with van der Waals surface area (Å²) in [7, 11) is 1.39. The molecule has 0 bridgehead atoms. The van der Waals surface area contributed by atoms with Crippen LogP contribution < -0.4 is 10.1 Å². The van der Waals surface area contributed by atoms with Crippen LogP contribution in [-0.4, -0.2) is 24.1 Å². The number of ether oxygens (including phenoxy) is 1. The topological polar surface area (TPSA) is 41.6 Å². The van der Waals surface area contributed by atoms with Crippen LogP contribution in [0.15, 0.2) is 54.6 Å². The molecule has 4 rings (SSSR count). The quantitative estimate of drug-likeness (QED) is 0.280. The van der Waals surface area contributed by atoms with E-state index in [-0.39, 0.29) is 17.5 Å². The number of carbonyl (C=O) groups is 1. The van der Waals surface area contributed by atoms with Gasteiger partial charge in [0, 0.05) is 12.1 Å². The van der Waals surface area contributed by atoms with Gasteiger partial charge in [0.2, 0.25) is 0 Å². The third kappa shape index (κ3) is 6.70. The van der Waals surface area contributed by atoms with E-state index in [2.05, 4.69) is 5.32 Å². The molecular weight excluding hydrogens is 591 g/mol. The molecule has 0 aliphatic carbocycles. The van der Waals surface area contributed by atoms with Crippen LogP contribution in [0, 0.1) is 0 Å². The lowest BCUT2D eigenvalue weighted by atomic mass is 9.92. The van der Waals surface area contributed by atoms with Gasteiger partial charge in [-0.15, -0.1) is 0 Å². The molecule has 1 fully saturated rings. The van der Waals surface area contributed by atoms with E-state index in [0.29, 0.717) is 29.0 Å². The van der Waals surface area contributed by atoms with Crippen LogP contribution in [0.5, 0.6) is 5.75 Å². The number of nitrogens with one attached hydrogen (secondary N) is 1. The van der Waals surface area contributed by atoms with Gasteiger partial charge in [-0.2, -0.15) is 39.5 Å². The summed E-state index contributed by atoms with van der Waals surface area (Å²) in [6, 6.07) is 6.05. The minimum Gasteiger partial charge on any atom is -0.496 e. The third-order valence-electron chi connectivity index (χ3n) is 7.44. The fraction of sp³-hybridized carbons (Fsp3) is 0.367. The molecule has 2 amide bonds. The predicted molar refractivity (Wildman–Crippen MR) is 140 cm³/mol. The van der Waals surface area contributed by atoms with Crippen molar-refractivity contribution in [2.24, 2.45) is 0 Å². The number of nitrogens with zero attached hydrogens (tertiary/aromatic N) is 1. The van der Waals surface area contributed by atoms with Gasteiger partial charge in [-0.1, -0.05) is 26.0 Å². The summed E-state index contributed by atoms with van der Waals surface area (Å²) in [5.74, 6) is 0.410. The van der Waals surface area contributed by atoms with Crippen molar-refractivity contribution < 1.29 is 49.0 Å². The summed E-state index contributed by atoms with van der Waals surface area (Å²) in [4.78, 5) is 14.1. The maximum atomic E-state index is 13.7. The highest BCUT2D eigenvalue weighted by Crippen LogP contribution is 2.42. The smallest absolute Gasteiger partial charge is 0.416 e. The molecule has 4 nitrogen and oxygen atoms in total. The average molecular weight is 619 g/mol. The van der Waals surface area contributed by atoms with Gasteiger partial charge in [-0.3, -0.25) is 0 Å². The van der Waals surface area contributed by atoms with E-state index in [1.54, 1.807) is 12.1 Å². The molecule has 0 radical (unpaired) electrons. The van der Waals surface area contributed by atoms with Gasteiger partial charge in [-0.05, 0) is 77.6 Å². The summed E-state index contributed by atoms with van der Waals surface area (Å²) in [5, 5.41) is 2.40. The lowest BCUT2D eigenvalue weighted by Gasteiger charge is -2.26. The van der Waals surface area contributed by atoms with Gasteiger partial charge in [0.05, 0.1) is 35.9 Å². The number of amides is 2. The van der Waals surface area contributed by atoms with Gasteiger partial charge in [-0.25, -0.2) is 4.79 Å². The second-order valence-electron chi connectivity index (χ2n) is 10.6. The van der Waals surface area contributed by atoms with Crippen LogP contribution in [0.3, 0.4) is 0 Å². The van der Waals surface area contributed by atoms with Crippen molar-refractivity contribution in [3.05, 3.63) is 88.0 Å². The van der Waals surface area contributed by atoms with Crippen molar-refractivity contribution in [1.29, 1.82) is 0 Å². The Labute approximate surface area is 241 Å². The molecule has 3 aromatic rings. The molecule has 43 heavy (non-hydrogen) atoms. The average Bonchev–Trinajstić information content (AvgIpc) is 3.19. The maximum absolute atomic E-state index is 13.7. The first-order valence-electron chi connectivity index (χ1n) is 13.1. The van der Waals surface area contributed by atoms with Gasteiger partial charge >= 0.3 is 24.6 Å². The first-order chi connectivity index (χ1) is 19.8. The molecule has 1 saturated heterocycles. The van der Waals surface area contributed by atoms with E-state index in [1.165, 1.54) is 20.1 Å². The third-order valence-corrected chi connectivity index (χ3v) is 7.44. The number of methoxy groups -OCH3 is 1. The van der Waals surface area contributed by atoms with Gasteiger partial charge < -0.3 is 15.0 Å². The van der Waals surface area contributed by atoms with Gasteiger partial charge in [0.15, 0.2) is 0 Å². The van der Waals surface area contributed by atoms with Crippen molar-refractivity contribution >= 4 is 6.03 Å². The minimum atomic E-state index is -5.10. The van der Waals surface area contributed by atoms with E-state index in [9.17, 15) is 44.3 Å². The largest absolute Gasteiger partial charge is 0.496 e. The molecule has 0 unspecified atom stereocenters. The molecule has 3 aromatic carbocycles. The minimum absolute atomic E-state index is 0.0176. The van der Waals surface area contributed by atoms with Crippen LogP contribution in [0.4, 0.5) is 44.3 Å². The summed E-state index contributed by atoms with van der Waals surface area (Å²) in [6.45, 7) is 4.81. The molecule has 0 spiro atoms. The Balaban J connectivity index is 1.80. The number of halogens is 9. The Bertz CT molecular complexity index is 1480. The highest BCUT2D eigenvalue weighted by molar-refractivity contribution is 5.79. The van der Waals surface area contributed by atoms with E-state index in [4.69, 9.17) is 4.74 Å². The Morgan fingerprint density at radius 1 is 0.791 bits per heavy atom. The molecule has 13 heteroatoms. The number of urea groups is 1. The van der Waals surface area contributed by atoms with Gasteiger partial charge in [0.25, 0.3) is 0 Å². The highest BCUT2D eigenvalue weighted by Gasteiger charge is 2.42.